The van der Waals surface area contributed by atoms with Gasteiger partial charge in [0.15, 0.2) is 5.54 Å². The maximum Gasteiger partial charge on any atom is 0.273 e. The number of pyridine rings is 1. The Morgan fingerprint density at radius 2 is 1.71 bits per heavy atom. The second kappa shape index (κ2) is 14.7. The lowest BCUT2D eigenvalue weighted by Gasteiger charge is -2.47. The van der Waals surface area contributed by atoms with Crippen molar-refractivity contribution in [2.45, 2.75) is 36.2 Å². The zero-order chi connectivity index (χ0) is 35.0. The summed E-state index contributed by atoms with van der Waals surface area (Å²) in [6, 6.07) is 19.0. The van der Waals surface area contributed by atoms with Crippen LogP contribution in [0.2, 0.25) is 0 Å². The number of rotatable bonds is 9. The third-order valence-corrected chi connectivity index (χ3v) is 11.9. The first kappa shape index (κ1) is 36.3. The standard InChI is InChI=1S/C37H40N6O6S.ClH/c1-4-49-33-10-8-27(47-2)23-30(33)37(42-18-13-26(14-19-42)41-20-16-39-17-21-41)29-22-25(24-38)7-9-31(29)43(36(37)44)50(45,46)34-12-11-32(48-3)28-6-5-15-40-35(28)34;/h5-12,15,22-23,26,39H,4,13-14,16-21H2,1-3H3;1H. The smallest absolute Gasteiger partial charge is 0.273 e. The molecule has 268 valence electrons. The van der Waals surface area contributed by atoms with E-state index in [1.807, 2.05) is 6.92 Å². The van der Waals surface area contributed by atoms with E-state index >= 15 is 13.2 Å². The van der Waals surface area contributed by atoms with Crippen molar-refractivity contribution in [1.29, 1.82) is 5.26 Å². The predicted octanol–water partition coefficient (Wildman–Crippen LogP) is 4.29. The van der Waals surface area contributed by atoms with Crippen molar-refractivity contribution in [3.05, 3.63) is 83.6 Å². The second-order valence-corrected chi connectivity index (χ2v) is 14.3. The number of nitrogens with one attached hydrogen (secondary N) is 1. The van der Waals surface area contributed by atoms with Crippen LogP contribution in [0, 0.1) is 11.3 Å². The Hall–Kier alpha value is -4.45. The number of ether oxygens (including phenoxy) is 3. The van der Waals surface area contributed by atoms with E-state index in [0.717, 1.165) is 43.3 Å². The maximum atomic E-state index is 15.7. The number of anilines is 1. The molecule has 14 heteroatoms. The van der Waals surface area contributed by atoms with Crippen molar-refractivity contribution >= 4 is 44.9 Å². The number of hydrogen-bond acceptors (Lipinski definition) is 11. The number of benzene rings is 3. The van der Waals surface area contributed by atoms with Gasteiger partial charge in [-0.2, -0.15) is 5.26 Å². The maximum absolute atomic E-state index is 15.7. The number of fused-ring (bicyclic) bond motifs is 2. The van der Waals surface area contributed by atoms with Gasteiger partial charge >= 0.3 is 0 Å². The molecular formula is C37H41ClN6O6S. The molecule has 1 atom stereocenters. The van der Waals surface area contributed by atoms with Gasteiger partial charge in [0.05, 0.1) is 43.7 Å². The van der Waals surface area contributed by atoms with E-state index in [-0.39, 0.29) is 28.5 Å². The van der Waals surface area contributed by atoms with E-state index < -0.39 is 21.5 Å². The Kier molecular flexibility index (Phi) is 10.4. The highest BCUT2D eigenvalue weighted by atomic mass is 35.5. The first-order valence-corrected chi connectivity index (χ1v) is 18.3. The number of nitrogens with zero attached hydrogens (tertiary/aromatic N) is 5. The summed E-state index contributed by atoms with van der Waals surface area (Å²) in [6.07, 6.45) is 3.06. The minimum Gasteiger partial charge on any atom is -0.497 e. The van der Waals surface area contributed by atoms with Gasteiger partial charge in [-0.1, -0.05) is 0 Å². The van der Waals surface area contributed by atoms with E-state index in [9.17, 15) is 5.26 Å². The van der Waals surface area contributed by atoms with Crippen LogP contribution in [0.5, 0.6) is 17.2 Å². The zero-order valence-electron chi connectivity index (χ0n) is 28.8. The van der Waals surface area contributed by atoms with E-state index in [1.165, 1.54) is 19.4 Å². The van der Waals surface area contributed by atoms with Crippen LogP contribution in [0.25, 0.3) is 10.9 Å². The van der Waals surface area contributed by atoms with Gasteiger partial charge in [0.2, 0.25) is 0 Å². The average molecular weight is 733 g/mol. The van der Waals surface area contributed by atoms with Gasteiger partial charge < -0.3 is 19.5 Å². The molecule has 4 aromatic rings. The van der Waals surface area contributed by atoms with Crippen molar-refractivity contribution in [3.63, 3.8) is 0 Å². The number of nitriles is 1. The molecule has 7 rings (SSSR count). The molecule has 1 amide bonds. The summed E-state index contributed by atoms with van der Waals surface area (Å²) in [5.74, 6) is 0.682. The van der Waals surface area contributed by atoms with Crippen LogP contribution >= 0.6 is 12.4 Å². The monoisotopic (exact) mass is 732 g/mol. The number of hydrogen-bond donors (Lipinski definition) is 1. The van der Waals surface area contributed by atoms with E-state index in [4.69, 9.17) is 14.2 Å². The Bertz CT molecular complexity index is 2100. The number of amides is 1. The fourth-order valence-corrected chi connectivity index (χ4v) is 9.45. The molecule has 2 fully saturated rings. The SMILES string of the molecule is CCOc1ccc(OC)cc1C1(N2CCC(N3CCNCC3)CC2)C(=O)N(S(=O)(=O)c2ccc(OC)c3cccnc23)c2ccc(C#N)cc21.Cl. The highest BCUT2D eigenvalue weighted by molar-refractivity contribution is 7.93. The van der Waals surface area contributed by atoms with Gasteiger partial charge in [-0.3, -0.25) is 19.6 Å². The lowest BCUT2D eigenvalue weighted by Crippen LogP contribution is -2.59. The van der Waals surface area contributed by atoms with Gasteiger partial charge in [0, 0.05) is 68.0 Å². The summed E-state index contributed by atoms with van der Waals surface area (Å²) < 4.78 is 48.4. The van der Waals surface area contributed by atoms with Crippen molar-refractivity contribution in [2.24, 2.45) is 0 Å². The Morgan fingerprint density at radius 1 is 0.961 bits per heavy atom. The number of carbonyl (C=O) groups is 1. The van der Waals surface area contributed by atoms with Crippen LogP contribution in [0.15, 0.2) is 71.8 Å². The summed E-state index contributed by atoms with van der Waals surface area (Å²) >= 11 is 0. The molecule has 51 heavy (non-hydrogen) atoms. The number of piperidine rings is 1. The highest BCUT2D eigenvalue weighted by Crippen LogP contribution is 2.54. The minimum atomic E-state index is -4.59. The molecule has 12 nitrogen and oxygen atoms in total. The molecule has 4 heterocycles. The number of halogens is 1. The summed E-state index contributed by atoms with van der Waals surface area (Å²) in [4.78, 5) is 24.5. The van der Waals surface area contributed by atoms with Gasteiger partial charge in [-0.05, 0) is 80.4 Å². The van der Waals surface area contributed by atoms with Crippen LogP contribution in [0.4, 0.5) is 5.69 Å². The van der Waals surface area contributed by atoms with Crippen LogP contribution in [-0.2, 0) is 20.4 Å². The molecule has 2 saturated heterocycles. The fraction of sp³-hybridized carbons (Fsp3) is 0.378. The number of sulfonamides is 1. The molecular weight excluding hydrogens is 692 g/mol. The summed E-state index contributed by atoms with van der Waals surface area (Å²) in [6.45, 7) is 6.92. The fourth-order valence-electron chi connectivity index (χ4n) is 7.84. The molecule has 1 N–H and O–H groups in total. The molecule has 0 bridgehead atoms. The van der Waals surface area contributed by atoms with Crippen LogP contribution < -0.4 is 23.8 Å². The Balaban J connectivity index is 0.00000448. The largest absolute Gasteiger partial charge is 0.497 e. The van der Waals surface area contributed by atoms with Gasteiger partial charge in [-0.15, -0.1) is 12.4 Å². The minimum absolute atomic E-state index is 0. The molecule has 3 aromatic carbocycles. The third-order valence-electron chi connectivity index (χ3n) is 10.1. The Morgan fingerprint density at radius 3 is 2.39 bits per heavy atom. The average Bonchev–Trinajstić information content (AvgIpc) is 3.43. The van der Waals surface area contributed by atoms with Crippen LogP contribution in [0.3, 0.4) is 0 Å². The molecule has 3 aliphatic heterocycles. The summed E-state index contributed by atoms with van der Waals surface area (Å²) in [5, 5.41) is 14.0. The molecule has 0 aliphatic carbocycles. The molecule has 0 saturated carbocycles. The quantitative estimate of drug-likeness (QED) is 0.264. The summed E-state index contributed by atoms with van der Waals surface area (Å²) in [5.41, 5.74) is -0.169. The highest BCUT2D eigenvalue weighted by Gasteiger charge is 2.61. The van der Waals surface area contributed by atoms with E-state index in [0.29, 0.717) is 65.1 Å². The van der Waals surface area contributed by atoms with Crippen molar-refractivity contribution in [1.82, 2.24) is 20.1 Å². The first-order chi connectivity index (χ1) is 24.3. The number of likely N-dealkylation sites (tertiary alicyclic amines) is 1. The van der Waals surface area contributed by atoms with Gasteiger partial charge in [-0.25, -0.2) is 12.7 Å². The van der Waals surface area contributed by atoms with Crippen LogP contribution in [-0.4, -0.2) is 95.2 Å². The van der Waals surface area contributed by atoms with Crippen molar-refractivity contribution in [3.8, 4) is 23.3 Å². The first-order valence-electron chi connectivity index (χ1n) is 16.9. The lowest BCUT2D eigenvalue weighted by atomic mass is 9.79. The number of carbonyl (C=O) groups excluding carboxylic acids is 1. The van der Waals surface area contributed by atoms with Gasteiger partial charge in [0.25, 0.3) is 15.9 Å². The normalized spacial score (nSPS) is 20.0. The topological polar surface area (TPSA) is 137 Å². The van der Waals surface area contributed by atoms with E-state index in [2.05, 4.69) is 26.2 Å². The Labute approximate surface area is 304 Å². The predicted molar refractivity (Wildman–Crippen MR) is 195 cm³/mol. The third kappa shape index (κ3) is 5.94. The molecule has 1 aromatic heterocycles. The molecule has 0 spiro atoms. The molecule has 1 unspecified atom stereocenters. The molecule has 0 radical (unpaired) electrons. The second-order valence-electron chi connectivity index (χ2n) is 12.6. The van der Waals surface area contributed by atoms with Gasteiger partial charge in [0.1, 0.15) is 22.1 Å². The van der Waals surface area contributed by atoms with Crippen molar-refractivity contribution in [2.75, 3.05) is 64.4 Å². The number of methoxy groups -OCH3 is 2. The summed E-state index contributed by atoms with van der Waals surface area (Å²) in [7, 11) is -1.54. The van der Waals surface area contributed by atoms with E-state index in [1.54, 1.807) is 61.7 Å². The number of aromatic nitrogens is 1. The lowest BCUT2D eigenvalue weighted by molar-refractivity contribution is -0.127. The number of piperazine rings is 1. The molecule has 3 aliphatic rings. The van der Waals surface area contributed by atoms with Crippen molar-refractivity contribution < 1.29 is 27.4 Å². The zero-order valence-corrected chi connectivity index (χ0v) is 30.4. The van der Waals surface area contributed by atoms with Crippen LogP contribution in [0.1, 0.15) is 36.5 Å².